The predicted molar refractivity (Wildman–Crippen MR) is 154 cm³/mol. The Kier molecular flexibility index (Phi) is 7.89. The van der Waals surface area contributed by atoms with Gasteiger partial charge in [-0.15, -0.1) is 0 Å². The number of ether oxygens (including phenoxy) is 1. The zero-order chi connectivity index (χ0) is 28.4. The van der Waals surface area contributed by atoms with Crippen molar-refractivity contribution in [3.8, 4) is 0 Å². The number of fused-ring (bicyclic) bond motifs is 1. The number of anilines is 1. The molecule has 4 aromatic rings. The van der Waals surface area contributed by atoms with Crippen molar-refractivity contribution in [3.63, 3.8) is 0 Å². The molecule has 0 unspecified atom stereocenters. The first-order chi connectivity index (χ1) is 19.3. The minimum Gasteiger partial charge on any atom is -0.462 e. The van der Waals surface area contributed by atoms with Crippen molar-refractivity contribution >= 4 is 40.1 Å². The van der Waals surface area contributed by atoms with Crippen LogP contribution in [0.25, 0.3) is 10.9 Å². The molecule has 1 fully saturated rings. The molecule has 0 N–H and O–H groups in total. The van der Waals surface area contributed by atoms with E-state index in [1.807, 2.05) is 30.0 Å². The number of carbonyl (C=O) groups excluding carboxylic acids is 2. The van der Waals surface area contributed by atoms with Gasteiger partial charge in [0.2, 0.25) is 0 Å². The fraction of sp³-hybridized carbons (Fsp3) is 0.258. The summed E-state index contributed by atoms with van der Waals surface area (Å²) in [5, 5.41) is 1.30. The first kappa shape index (κ1) is 27.4. The van der Waals surface area contributed by atoms with Crippen LogP contribution in [-0.4, -0.2) is 54.1 Å². The van der Waals surface area contributed by atoms with E-state index in [-0.39, 0.29) is 30.4 Å². The lowest BCUT2D eigenvalue weighted by atomic mass is 10.0. The Labute approximate surface area is 236 Å². The van der Waals surface area contributed by atoms with Crippen LogP contribution in [0.3, 0.4) is 0 Å². The highest BCUT2D eigenvalue weighted by molar-refractivity contribution is 6.30. The summed E-state index contributed by atoms with van der Waals surface area (Å²) in [6, 6.07) is 18.5. The van der Waals surface area contributed by atoms with Crippen molar-refractivity contribution in [1.82, 2.24) is 9.47 Å². The van der Waals surface area contributed by atoms with Gasteiger partial charge in [0.1, 0.15) is 11.4 Å². The summed E-state index contributed by atoms with van der Waals surface area (Å²) in [4.78, 5) is 44.1. The number of halogens is 2. The van der Waals surface area contributed by atoms with Crippen LogP contribution < -0.4 is 10.5 Å². The fourth-order valence-electron chi connectivity index (χ4n) is 5.11. The molecule has 9 heteroatoms. The molecule has 40 heavy (non-hydrogen) atoms. The summed E-state index contributed by atoms with van der Waals surface area (Å²) >= 11 is 5.97. The molecule has 1 aliphatic heterocycles. The number of esters is 1. The Morgan fingerprint density at radius 3 is 2.27 bits per heavy atom. The number of carbonyl (C=O) groups is 2. The third-order valence-corrected chi connectivity index (χ3v) is 7.35. The van der Waals surface area contributed by atoms with Gasteiger partial charge in [-0.2, -0.15) is 0 Å². The van der Waals surface area contributed by atoms with Crippen LogP contribution in [0.2, 0.25) is 5.02 Å². The third kappa shape index (κ3) is 5.45. The molecule has 0 bridgehead atoms. The molecule has 206 valence electrons. The summed E-state index contributed by atoms with van der Waals surface area (Å²) in [6.07, 6.45) is 0. The van der Waals surface area contributed by atoms with Gasteiger partial charge in [0.25, 0.3) is 11.5 Å². The largest absolute Gasteiger partial charge is 0.462 e. The van der Waals surface area contributed by atoms with Crippen LogP contribution in [0.5, 0.6) is 0 Å². The summed E-state index contributed by atoms with van der Waals surface area (Å²) in [6.45, 7) is 5.60. The normalized spacial score (nSPS) is 13.5. The third-order valence-electron chi connectivity index (χ3n) is 7.10. The van der Waals surface area contributed by atoms with Gasteiger partial charge in [-0.3, -0.25) is 9.59 Å². The molecule has 2 heterocycles. The fourth-order valence-corrected chi connectivity index (χ4v) is 5.23. The van der Waals surface area contributed by atoms with Crippen molar-refractivity contribution in [2.75, 3.05) is 37.7 Å². The van der Waals surface area contributed by atoms with Gasteiger partial charge in [0.05, 0.1) is 24.4 Å². The van der Waals surface area contributed by atoms with Gasteiger partial charge in [-0.1, -0.05) is 35.4 Å². The molecule has 1 aliphatic rings. The van der Waals surface area contributed by atoms with E-state index in [1.54, 1.807) is 48.2 Å². The SMILES string of the molecule is CCOC(=O)c1c(N2CCN(C(=O)c3ccc(Cl)cc3)CC2)c2cc(C)ccc2n(Cc2ccc(F)cc2)c1=O. The predicted octanol–water partition coefficient (Wildman–Crippen LogP) is 5.29. The quantitative estimate of drug-likeness (QED) is 0.299. The molecule has 1 amide bonds. The molecule has 7 nitrogen and oxygen atoms in total. The highest BCUT2D eigenvalue weighted by Gasteiger charge is 2.30. The van der Waals surface area contributed by atoms with Crippen LogP contribution in [0.4, 0.5) is 10.1 Å². The lowest BCUT2D eigenvalue weighted by molar-refractivity contribution is 0.0523. The maximum absolute atomic E-state index is 14.0. The number of aryl methyl sites for hydroxylation is 1. The van der Waals surface area contributed by atoms with E-state index in [9.17, 15) is 18.8 Å². The number of piperazine rings is 1. The minimum absolute atomic E-state index is 0.0421. The van der Waals surface area contributed by atoms with E-state index in [1.165, 1.54) is 16.7 Å². The number of hydrogen-bond donors (Lipinski definition) is 0. The van der Waals surface area contributed by atoms with E-state index in [0.717, 1.165) is 16.5 Å². The molecular formula is C31H29ClFN3O4. The van der Waals surface area contributed by atoms with Gasteiger partial charge < -0.3 is 19.1 Å². The van der Waals surface area contributed by atoms with E-state index >= 15 is 0 Å². The minimum atomic E-state index is -0.696. The Morgan fingerprint density at radius 1 is 0.950 bits per heavy atom. The summed E-state index contributed by atoms with van der Waals surface area (Å²) in [5.41, 5.74) is 2.89. The molecule has 0 aliphatic carbocycles. The highest BCUT2D eigenvalue weighted by atomic mass is 35.5. The molecule has 1 saturated heterocycles. The number of aromatic nitrogens is 1. The maximum Gasteiger partial charge on any atom is 0.345 e. The summed E-state index contributed by atoms with van der Waals surface area (Å²) in [7, 11) is 0. The van der Waals surface area contributed by atoms with Crippen LogP contribution in [-0.2, 0) is 11.3 Å². The van der Waals surface area contributed by atoms with Crippen molar-refractivity contribution in [2.45, 2.75) is 20.4 Å². The zero-order valence-electron chi connectivity index (χ0n) is 22.3. The van der Waals surface area contributed by atoms with Crippen molar-refractivity contribution in [3.05, 3.63) is 110 Å². The molecule has 0 saturated carbocycles. The van der Waals surface area contributed by atoms with E-state index in [0.29, 0.717) is 48.0 Å². The van der Waals surface area contributed by atoms with Gasteiger partial charge in [0, 0.05) is 42.2 Å². The Morgan fingerprint density at radius 2 is 1.62 bits per heavy atom. The van der Waals surface area contributed by atoms with Crippen molar-refractivity contribution in [1.29, 1.82) is 0 Å². The average Bonchev–Trinajstić information content (AvgIpc) is 2.95. The lowest BCUT2D eigenvalue weighted by Crippen LogP contribution is -2.49. The maximum atomic E-state index is 14.0. The Bertz CT molecular complexity index is 1630. The lowest BCUT2D eigenvalue weighted by Gasteiger charge is -2.37. The number of nitrogens with zero attached hydrogens (tertiary/aromatic N) is 3. The molecular weight excluding hydrogens is 533 g/mol. The van der Waals surface area contributed by atoms with Gasteiger partial charge >= 0.3 is 5.97 Å². The monoisotopic (exact) mass is 561 g/mol. The van der Waals surface area contributed by atoms with Crippen LogP contribution in [0.1, 0.15) is 38.8 Å². The standard InChI is InChI=1S/C31H29ClFN3O4/c1-3-40-31(39)27-28(34-14-16-35(17-15-34)29(37)22-7-9-23(32)10-8-22)25-18-20(2)4-13-26(25)36(30(27)38)19-21-5-11-24(33)12-6-21/h4-13,18H,3,14-17,19H2,1-2H3. The second-order valence-electron chi connectivity index (χ2n) is 9.77. The van der Waals surface area contributed by atoms with E-state index < -0.39 is 11.5 Å². The first-order valence-corrected chi connectivity index (χ1v) is 13.5. The molecule has 0 spiro atoms. The number of hydrogen-bond acceptors (Lipinski definition) is 5. The number of benzene rings is 3. The van der Waals surface area contributed by atoms with Gasteiger partial charge in [-0.05, 0) is 67.9 Å². The van der Waals surface area contributed by atoms with Crippen LogP contribution in [0, 0.1) is 12.7 Å². The second-order valence-corrected chi connectivity index (χ2v) is 10.2. The van der Waals surface area contributed by atoms with Crippen molar-refractivity contribution in [2.24, 2.45) is 0 Å². The van der Waals surface area contributed by atoms with Crippen LogP contribution >= 0.6 is 11.6 Å². The zero-order valence-corrected chi connectivity index (χ0v) is 23.1. The summed E-state index contributed by atoms with van der Waals surface area (Å²) in [5.74, 6) is -1.16. The number of rotatable bonds is 6. The van der Waals surface area contributed by atoms with Gasteiger partial charge in [-0.25, -0.2) is 9.18 Å². The number of amides is 1. The topological polar surface area (TPSA) is 71.8 Å². The highest BCUT2D eigenvalue weighted by Crippen LogP contribution is 2.32. The van der Waals surface area contributed by atoms with Gasteiger partial charge in [0.15, 0.2) is 0 Å². The summed E-state index contributed by atoms with van der Waals surface area (Å²) < 4.78 is 20.4. The van der Waals surface area contributed by atoms with E-state index in [2.05, 4.69) is 0 Å². The molecule has 1 aromatic heterocycles. The molecule has 5 rings (SSSR count). The Hall–Kier alpha value is -4.17. The second kappa shape index (κ2) is 11.5. The molecule has 0 radical (unpaired) electrons. The number of pyridine rings is 1. The Balaban J connectivity index is 1.57. The molecule has 0 atom stereocenters. The molecule has 3 aromatic carbocycles. The smallest absolute Gasteiger partial charge is 0.345 e. The van der Waals surface area contributed by atoms with E-state index in [4.69, 9.17) is 16.3 Å². The van der Waals surface area contributed by atoms with Crippen molar-refractivity contribution < 1.29 is 18.7 Å². The first-order valence-electron chi connectivity index (χ1n) is 13.2. The average molecular weight is 562 g/mol. The van der Waals surface area contributed by atoms with Crippen LogP contribution in [0.15, 0.2) is 71.5 Å².